The van der Waals surface area contributed by atoms with Gasteiger partial charge in [0.25, 0.3) is 0 Å². The number of alkyl halides is 2. The number of rotatable bonds is 14. The Morgan fingerprint density at radius 1 is 1.26 bits per heavy atom. The molecule has 0 spiro atoms. The number of halogens is 4. The number of allylic oxidation sites excluding steroid dienone is 4. The lowest BCUT2D eigenvalue weighted by atomic mass is 9.99. The summed E-state index contributed by atoms with van der Waals surface area (Å²) in [6, 6.07) is 3.15. The van der Waals surface area contributed by atoms with Crippen LogP contribution in [-0.4, -0.2) is 35.1 Å². The van der Waals surface area contributed by atoms with Gasteiger partial charge in [0, 0.05) is 28.2 Å². The van der Waals surface area contributed by atoms with Crippen LogP contribution in [0.15, 0.2) is 52.6 Å². The van der Waals surface area contributed by atoms with Crippen LogP contribution in [0.4, 0.5) is 8.78 Å². The number of carbonyl (C=O) groups excluding carboxylic acids is 2. The average Bonchev–Trinajstić information content (AvgIpc) is 3.67. The van der Waals surface area contributed by atoms with Gasteiger partial charge in [-0.1, -0.05) is 59.8 Å². The molecule has 11 heteroatoms. The third-order valence-corrected chi connectivity index (χ3v) is 7.69. The molecule has 0 amide bonds. The molecule has 38 heavy (non-hydrogen) atoms. The third-order valence-electron chi connectivity index (χ3n) is 5.79. The maximum atomic E-state index is 13.2. The number of ether oxygens (including phenoxy) is 3. The molecular weight excluding hydrogens is 559 g/mol. The number of hydrogen-bond donors (Lipinski definition) is 1. The molecule has 210 valence electrons. The monoisotopic (exact) mass is 591 g/mol. The molecule has 0 saturated heterocycles. The van der Waals surface area contributed by atoms with Gasteiger partial charge in [-0.25, -0.2) is 0 Å². The lowest BCUT2D eigenvalue weighted by Gasteiger charge is -2.30. The summed E-state index contributed by atoms with van der Waals surface area (Å²) in [6.07, 6.45) is 4.05. The lowest BCUT2D eigenvalue weighted by molar-refractivity contribution is -0.151. The maximum Gasteiger partial charge on any atom is 0.387 e. The number of esters is 1. The number of hydrogen-bond acceptors (Lipinski definition) is 7. The van der Waals surface area contributed by atoms with Crippen LogP contribution in [0, 0.1) is 5.92 Å². The van der Waals surface area contributed by atoms with Gasteiger partial charge in [-0.3, -0.25) is 9.59 Å². The highest BCUT2D eigenvalue weighted by atomic mass is 35.5. The molecule has 1 fully saturated rings. The van der Waals surface area contributed by atoms with Crippen molar-refractivity contribution in [2.45, 2.75) is 70.5 Å². The summed E-state index contributed by atoms with van der Waals surface area (Å²) < 4.78 is 41.4. The summed E-state index contributed by atoms with van der Waals surface area (Å²) in [5.41, 5.74) is 7.07. The fourth-order valence-corrected chi connectivity index (χ4v) is 4.84. The van der Waals surface area contributed by atoms with Crippen molar-refractivity contribution >= 4 is 46.0 Å². The van der Waals surface area contributed by atoms with E-state index in [2.05, 4.69) is 11.3 Å². The summed E-state index contributed by atoms with van der Waals surface area (Å²) >= 11 is 13.7. The molecule has 2 N–H and O–H groups in total. The van der Waals surface area contributed by atoms with Crippen molar-refractivity contribution < 1.29 is 32.6 Å². The average molecular weight is 593 g/mol. The normalized spacial score (nSPS) is 16.4. The van der Waals surface area contributed by atoms with Crippen molar-refractivity contribution in [2.75, 3.05) is 6.61 Å². The van der Waals surface area contributed by atoms with Gasteiger partial charge < -0.3 is 19.9 Å². The van der Waals surface area contributed by atoms with Crippen LogP contribution in [0.5, 0.6) is 11.5 Å². The van der Waals surface area contributed by atoms with Gasteiger partial charge in [0.1, 0.15) is 12.1 Å². The Labute approximate surface area is 236 Å². The first-order valence-electron chi connectivity index (χ1n) is 12.0. The summed E-state index contributed by atoms with van der Waals surface area (Å²) in [5.74, 6) is -0.477. The number of carbonyl (C=O) groups is 2. The quantitative estimate of drug-likeness (QED) is 0.180. The standard InChI is InChI=1S/C27H33Cl2F2NO5S/c1-6-19(28)18(20(29)7-2)13-22(36-25(34)24(32)27(4,5)38-15(3)33)17-10-11-21(37-26(30)31)23(12-17)35-14-16-8-9-16/h6-7,10-12,16,22,24,26H,1,8-9,13-14,32H2,2-5H3/b19-18+,20-7+/t22-,24?/m0/s1. The molecule has 1 unspecified atom stereocenters. The van der Waals surface area contributed by atoms with E-state index in [9.17, 15) is 18.4 Å². The molecule has 0 bridgehead atoms. The third kappa shape index (κ3) is 9.59. The second kappa shape index (κ2) is 14.4. The zero-order valence-electron chi connectivity index (χ0n) is 21.8. The molecule has 1 aliphatic carbocycles. The van der Waals surface area contributed by atoms with Gasteiger partial charge in [-0.05, 0) is 62.8 Å². The van der Waals surface area contributed by atoms with E-state index in [1.54, 1.807) is 26.8 Å². The molecule has 2 atom stereocenters. The predicted molar refractivity (Wildman–Crippen MR) is 148 cm³/mol. The van der Waals surface area contributed by atoms with Crippen molar-refractivity contribution in [1.29, 1.82) is 0 Å². The van der Waals surface area contributed by atoms with Gasteiger partial charge >= 0.3 is 12.6 Å². The van der Waals surface area contributed by atoms with Gasteiger partial charge in [-0.2, -0.15) is 8.78 Å². The van der Waals surface area contributed by atoms with E-state index in [4.69, 9.17) is 38.4 Å². The highest BCUT2D eigenvalue weighted by Gasteiger charge is 2.37. The molecule has 0 aliphatic heterocycles. The Morgan fingerprint density at radius 3 is 2.45 bits per heavy atom. The summed E-state index contributed by atoms with van der Waals surface area (Å²) in [5, 5.41) is 0.356. The van der Waals surface area contributed by atoms with E-state index in [0.29, 0.717) is 28.7 Å². The van der Waals surface area contributed by atoms with E-state index in [1.807, 2.05) is 0 Å². The number of thioether (sulfide) groups is 1. The first kappa shape index (κ1) is 32.1. The summed E-state index contributed by atoms with van der Waals surface area (Å²) in [6.45, 7) is 7.40. The Kier molecular flexibility index (Phi) is 12.1. The first-order valence-corrected chi connectivity index (χ1v) is 13.6. The van der Waals surface area contributed by atoms with Crippen LogP contribution in [0.25, 0.3) is 0 Å². The van der Waals surface area contributed by atoms with Crippen molar-refractivity contribution in [2.24, 2.45) is 11.7 Å². The molecule has 1 saturated carbocycles. The molecule has 6 nitrogen and oxygen atoms in total. The number of nitrogens with two attached hydrogens (primary N) is 1. The highest BCUT2D eigenvalue weighted by Crippen LogP contribution is 2.40. The summed E-state index contributed by atoms with van der Waals surface area (Å²) in [7, 11) is 0. The summed E-state index contributed by atoms with van der Waals surface area (Å²) in [4.78, 5) is 24.9. The van der Waals surface area contributed by atoms with Crippen molar-refractivity contribution in [3.63, 3.8) is 0 Å². The van der Waals surface area contributed by atoms with E-state index in [1.165, 1.54) is 31.2 Å². The minimum absolute atomic E-state index is 0.0177. The first-order chi connectivity index (χ1) is 17.8. The van der Waals surface area contributed by atoms with E-state index >= 15 is 0 Å². The largest absolute Gasteiger partial charge is 0.489 e. The minimum atomic E-state index is -3.05. The molecule has 0 heterocycles. The molecular formula is C27H33Cl2F2NO5S. The van der Waals surface area contributed by atoms with E-state index in [-0.39, 0.29) is 28.1 Å². The zero-order chi connectivity index (χ0) is 28.6. The van der Waals surface area contributed by atoms with Gasteiger partial charge in [0.05, 0.1) is 6.61 Å². The highest BCUT2D eigenvalue weighted by molar-refractivity contribution is 8.14. The van der Waals surface area contributed by atoms with Crippen LogP contribution >= 0.6 is 35.0 Å². The Bertz CT molecular complexity index is 1090. The topological polar surface area (TPSA) is 87.9 Å². The molecule has 2 rings (SSSR count). The molecule has 0 aromatic heterocycles. The van der Waals surface area contributed by atoms with Gasteiger partial charge in [-0.15, -0.1) is 0 Å². The second-order valence-corrected chi connectivity index (χ2v) is 12.0. The van der Waals surface area contributed by atoms with Crippen molar-refractivity contribution in [3.8, 4) is 11.5 Å². The van der Waals surface area contributed by atoms with Crippen LogP contribution in [0.1, 0.15) is 58.6 Å². The molecule has 0 radical (unpaired) electrons. The fourth-order valence-electron chi connectivity index (χ4n) is 3.47. The van der Waals surface area contributed by atoms with Crippen LogP contribution in [-0.2, 0) is 14.3 Å². The minimum Gasteiger partial charge on any atom is -0.489 e. The lowest BCUT2D eigenvalue weighted by Crippen LogP contribution is -2.48. The zero-order valence-corrected chi connectivity index (χ0v) is 24.1. The predicted octanol–water partition coefficient (Wildman–Crippen LogP) is 7.26. The molecule has 1 aliphatic rings. The second-order valence-electron chi connectivity index (χ2n) is 9.31. The fraction of sp³-hybridized carbons (Fsp3) is 0.481. The number of benzene rings is 1. The Balaban J connectivity index is 2.50. The maximum absolute atomic E-state index is 13.2. The SMILES string of the molecule is C=C/C(Cl)=C(C[C@H](OC(=O)C(N)C(C)(C)SC(C)=O)c1ccc(OC(F)F)c(OCC2CC2)c1)\C(Cl)=C/C. The van der Waals surface area contributed by atoms with Crippen molar-refractivity contribution in [3.05, 3.63) is 58.1 Å². The van der Waals surface area contributed by atoms with E-state index < -0.39 is 29.5 Å². The Hall–Kier alpha value is -2.07. The van der Waals surface area contributed by atoms with Crippen LogP contribution in [0.2, 0.25) is 0 Å². The molecule has 1 aromatic carbocycles. The van der Waals surface area contributed by atoms with Crippen molar-refractivity contribution in [1.82, 2.24) is 0 Å². The Morgan fingerprint density at radius 2 is 1.92 bits per heavy atom. The van der Waals surface area contributed by atoms with Gasteiger partial charge in [0.2, 0.25) is 0 Å². The van der Waals surface area contributed by atoms with E-state index in [0.717, 1.165) is 24.6 Å². The van der Waals surface area contributed by atoms with Gasteiger partial charge in [0.15, 0.2) is 16.6 Å². The molecule has 1 aromatic rings. The van der Waals surface area contributed by atoms with Crippen LogP contribution in [0.3, 0.4) is 0 Å². The smallest absolute Gasteiger partial charge is 0.387 e. The van der Waals surface area contributed by atoms with Crippen LogP contribution < -0.4 is 15.2 Å².